The van der Waals surface area contributed by atoms with Crippen molar-refractivity contribution in [1.82, 2.24) is 9.97 Å². The van der Waals surface area contributed by atoms with Crippen molar-refractivity contribution < 1.29 is 17.6 Å². The number of rotatable bonds is 4. The molecular formula is C27H22F4N2. The van der Waals surface area contributed by atoms with E-state index in [9.17, 15) is 17.6 Å². The topological polar surface area (TPSA) is 25.8 Å². The van der Waals surface area contributed by atoms with Gasteiger partial charge in [0.05, 0.1) is 22.8 Å². The molecule has 33 heavy (non-hydrogen) atoms. The molecule has 0 spiro atoms. The van der Waals surface area contributed by atoms with Crippen LogP contribution in [0, 0.1) is 37.1 Å². The van der Waals surface area contributed by atoms with Crippen molar-refractivity contribution in [3.05, 3.63) is 106 Å². The van der Waals surface area contributed by atoms with E-state index in [-0.39, 0.29) is 22.3 Å². The van der Waals surface area contributed by atoms with Crippen LogP contribution in [0.3, 0.4) is 0 Å². The van der Waals surface area contributed by atoms with Crippen LogP contribution in [0.4, 0.5) is 17.6 Å². The van der Waals surface area contributed by atoms with Crippen molar-refractivity contribution in [2.45, 2.75) is 33.1 Å². The van der Waals surface area contributed by atoms with Crippen molar-refractivity contribution in [2.75, 3.05) is 0 Å². The quantitative estimate of drug-likeness (QED) is 0.305. The van der Waals surface area contributed by atoms with Crippen molar-refractivity contribution >= 4 is 0 Å². The summed E-state index contributed by atoms with van der Waals surface area (Å²) in [6, 6.07) is 15.6. The third kappa shape index (κ3) is 4.01. The maximum Gasteiger partial charge on any atom is 0.138 e. The maximum absolute atomic E-state index is 14.7. The molecule has 2 heterocycles. The van der Waals surface area contributed by atoms with Gasteiger partial charge in [0.15, 0.2) is 0 Å². The van der Waals surface area contributed by atoms with Crippen molar-refractivity contribution in [1.29, 1.82) is 0 Å². The minimum absolute atomic E-state index is 0.0649. The van der Waals surface area contributed by atoms with Gasteiger partial charge in [0.25, 0.3) is 0 Å². The van der Waals surface area contributed by atoms with Crippen LogP contribution >= 0.6 is 0 Å². The molecule has 0 amide bonds. The molecule has 168 valence electrons. The van der Waals surface area contributed by atoms with Crippen LogP contribution in [0.2, 0.25) is 0 Å². The first-order valence-electron chi connectivity index (χ1n) is 10.5. The summed E-state index contributed by atoms with van der Waals surface area (Å²) in [5.41, 5.74) is 1.53. The SMILES string of the molecule is Cc1c(F)ccc(-c2cccc(C(C)(C)c3cccc(-c4ccc(F)c(C)c4F)n3)n2)c1F. The Bertz CT molecular complexity index is 1260. The molecule has 4 aromatic rings. The Kier molecular flexibility index (Phi) is 5.78. The molecule has 0 unspecified atom stereocenters. The second kappa shape index (κ2) is 8.43. The summed E-state index contributed by atoms with van der Waals surface area (Å²) < 4.78 is 56.8. The highest BCUT2D eigenvalue weighted by molar-refractivity contribution is 5.63. The summed E-state index contributed by atoms with van der Waals surface area (Å²) in [7, 11) is 0. The Morgan fingerprint density at radius 3 is 1.36 bits per heavy atom. The number of benzene rings is 2. The van der Waals surface area contributed by atoms with Crippen molar-refractivity contribution in [3.63, 3.8) is 0 Å². The average Bonchev–Trinajstić information content (AvgIpc) is 2.81. The van der Waals surface area contributed by atoms with E-state index in [1.165, 1.54) is 38.1 Å². The largest absolute Gasteiger partial charge is 0.252 e. The summed E-state index contributed by atoms with van der Waals surface area (Å²) >= 11 is 0. The van der Waals surface area contributed by atoms with Crippen LogP contribution in [-0.4, -0.2) is 9.97 Å². The fraction of sp³-hybridized carbons (Fsp3) is 0.185. The number of halogens is 4. The second-order valence-electron chi connectivity index (χ2n) is 8.51. The monoisotopic (exact) mass is 450 g/mol. The molecule has 4 rings (SSSR count). The van der Waals surface area contributed by atoms with E-state index in [2.05, 4.69) is 9.97 Å². The van der Waals surface area contributed by atoms with Gasteiger partial charge in [-0.2, -0.15) is 0 Å². The van der Waals surface area contributed by atoms with E-state index in [4.69, 9.17) is 0 Å². The Balaban J connectivity index is 1.78. The van der Waals surface area contributed by atoms with Crippen LogP contribution in [0.15, 0.2) is 60.7 Å². The highest BCUT2D eigenvalue weighted by Gasteiger charge is 2.28. The lowest BCUT2D eigenvalue weighted by atomic mass is 9.84. The number of hydrogen-bond donors (Lipinski definition) is 0. The lowest BCUT2D eigenvalue weighted by Gasteiger charge is -2.25. The van der Waals surface area contributed by atoms with Crippen molar-refractivity contribution in [3.8, 4) is 22.5 Å². The highest BCUT2D eigenvalue weighted by Crippen LogP contribution is 2.33. The summed E-state index contributed by atoms with van der Waals surface area (Å²) in [6.45, 7) is 6.58. The second-order valence-corrected chi connectivity index (χ2v) is 8.51. The lowest BCUT2D eigenvalue weighted by molar-refractivity contribution is 0.568. The Labute approximate surface area is 190 Å². The molecule has 6 heteroatoms. The fourth-order valence-electron chi connectivity index (χ4n) is 3.72. The van der Waals surface area contributed by atoms with Gasteiger partial charge in [-0.3, -0.25) is 9.97 Å². The molecule has 0 bridgehead atoms. The standard InChI is InChI=1S/C27H22F4N2/c1-15-19(28)13-11-17(25(15)30)21-7-5-9-23(32-21)27(3,4)24-10-6-8-22(33-24)18-12-14-20(29)16(2)26(18)31/h5-14H,1-4H3. The molecule has 2 nitrogen and oxygen atoms in total. The normalized spacial score (nSPS) is 11.6. The predicted molar refractivity (Wildman–Crippen MR) is 121 cm³/mol. The molecule has 0 saturated carbocycles. The van der Waals surface area contributed by atoms with Gasteiger partial charge in [-0.25, -0.2) is 17.6 Å². The highest BCUT2D eigenvalue weighted by atomic mass is 19.1. The zero-order valence-electron chi connectivity index (χ0n) is 18.7. The first kappa shape index (κ1) is 22.6. The molecule has 2 aromatic heterocycles. The number of aromatic nitrogens is 2. The molecule has 2 aromatic carbocycles. The minimum atomic E-state index is -0.719. The molecule has 0 radical (unpaired) electrons. The summed E-state index contributed by atoms with van der Waals surface area (Å²) in [4.78, 5) is 9.28. The Morgan fingerprint density at radius 1 is 0.576 bits per heavy atom. The molecule has 0 saturated heterocycles. The van der Waals surface area contributed by atoms with E-state index in [1.807, 2.05) is 13.8 Å². The van der Waals surface area contributed by atoms with Gasteiger partial charge in [0.2, 0.25) is 0 Å². The minimum Gasteiger partial charge on any atom is -0.252 e. The van der Waals surface area contributed by atoms with Gasteiger partial charge in [-0.15, -0.1) is 0 Å². The first-order chi connectivity index (χ1) is 15.6. The van der Waals surface area contributed by atoms with Gasteiger partial charge in [-0.1, -0.05) is 12.1 Å². The zero-order valence-corrected chi connectivity index (χ0v) is 18.7. The number of nitrogens with zero attached hydrogens (tertiary/aromatic N) is 2. The molecular weight excluding hydrogens is 428 g/mol. The Hall–Kier alpha value is -3.54. The lowest BCUT2D eigenvalue weighted by Crippen LogP contribution is -2.22. The molecule has 0 aliphatic heterocycles. The van der Waals surface area contributed by atoms with Crippen LogP contribution < -0.4 is 0 Å². The van der Waals surface area contributed by atoms with E-state index in [1.54, 1.807) is 36.4 Å². The van der Waals surface area contributed by atoms with E-state index >= 15 is 0 Å². The van der Waals surface area contributed by atoms with Gasteiger partial charge in [-0.05, 0) is 76.2 Å². The Morgan fingerprint density at radius 2 is 0.970 bits per heavy atom. The van der Waals surface area contributed by atoms with Crippen LogP contribution in [0.5, 0.6) is 0 Å². The average molecular weight is 450 g/mol. The van der Waals surface area contributed by atoms with E-state index in [0.29, 0.717) is 22.8 Å². The number of pyridine rings is 2. The molecule has 0 fully saturated rings. The third-order valence-corrected chi connectivity index (χ3v) is 5.97. The molecule has 0 aliphatic carbocycles. The first-order valence-corrected chi connectivity index (χ1v) is 10.5. The van der Waals surface area contributed by atoms with Gasteiger partial charge in [0, 0.05) is 27.7 Å². The fourth-order valence-corrected chi connectivity index (χ4v) is 3.72. The van der Waals surface area contributed by atoms with Gasteiger partial charge < -0.3 is 0 Å². The molecule has 0 aliphatic rings. The summed E-state index contributed by atoms with van der Waals surface area (Å²) in [5.74, 6) is -2.53. The maximum atomic E-state index is 14.7. The van der Waals surface area contributed by atoms with E-state index in [0.717, 1.165) is 0 Å². The smallest absolute Gasteiger partial charge is 0.138 e. The third-order valence-electron chi connectivity index (χ3n) is 5.97. The summed E-state index contributed by atoms with van der Waals surface area (Å²) in [5, 5.41) is 0. The predicted octanol–water partition coefficient (Wildman–Crippen LogP) is 7.31. The van der Waals surface area contributed by atoms with Crippen LogP contribution in [0.1, 0.15) is 36.4 Å². The van der Waals surface area contributed by atoms with Crippen LogP contribution in [0.25, 0.3) is 22.5 Å². The van der Waals surface area contributed by atoms with Gasteiger partial charge in [0.1, 0.15) is 23.3 Å². The molecule has 0 atom stereocenters. The van der Waals surface area contributed by atoms with Gasteiger partial charge >= 0.3 is 0 Å². The van der Waals surface area contributed by atoms with Crippen molar-refractivity contribution in [2.24, 2.45) is 0 Å². The summed E-state index contributed by atoms with van der Waals surface area (Å²) in [6.07, 6.45) is 0. The number of hydrogen-bond acceptors (Lipinski definition) is 2. The zero-order chi connectivity index (χ0) is 23.9. The van der Waals surface area contributed by atoms with Crippen LogP contribution in [-0.2, 0) is 5.41 Å². The molecule has 0 N–H and O–H groups in total. The van der Waals surface area contributed by atoms with E-state index < -0.39 is 28.7 Å².